The topological polar surface area (TPSA) is 99.8 Å². The van der Waals surface area contributed by atoms with E-state index in [0.717, 1.165) is 30.5 Å². The second-order valence-electron chi connectivity index (χ2n) is 7.75. The van der Waals surface area contributed by atoms with Gasteiger partial charge in [-0.1, -0.05) is 29.3 Å². The average Bonchev–Trinajstić information content (AvgIpc) is 3.08. The first kappa shape index (κ1) is 21.5. The Morgan fingerprint density at radius 2 is 1.80 bits per heavy atom. The van der Waals surface area contributed by atoms with E-state index < -0.39 is 28.0 Å². The zero-order chi connectivity index (χ0) is 21.6. The van der Waals surface area contributed by atoms with Crippen molar-refractivity contribution in [3.05, 3.63) is 45.7 Å². The van der Waals surface area contributed by atoms with Crippen LogP contribution in [0.4, 0.5) is 5.69 Å². The van der Waals surface area contributed by atoms with Crippen molar-refractivity contribution in [2.75, 3.05) is 18.0 Å². The summed E-state index contributed by atoms with van der Waals surface area (Å²) in [6.07, 6.45) is 3.96. The van der Waals surface area contributed by atoms with E-state index in [1.54, 1.807) is 12.3 Å². The molecule has 0 saturated carbocycles. The lowest BCUT2D eigenvalue weighted by atomic mass is 9.92. The highest BCUT2D eigenvalue weighted by Gasteiger charge is 2.36. The number of nitrogens with zero attached hydrogens (tertiary/aromatic N) is 2. The fourth-order valence-corrected chi connectivity index (χ4v) is 6.97. The zero-order valence-corrected chi connectivity index (χ0v) is 18.4. The molecule has 0 spiro atoms. The summed E-state index contributed by atoms with van der Waals surface area (Å²) < 4.78 is 28.3. The molecule has 1 saturated heterocycles. The number of carbonyl (C=O) groups is 1. The molecule has 30 heavy (non-hydrogen) atoms. The van der Waals surface area contributed by atoms with Crippen molar-refractivity contribution in [3.8, 4) is 0 Å². The molecule has 7 nitrogen and oxygen atoms in total. The lowest BCUT2D eigenvalue weighted by molar-refractivity contribution is -0.146. The number of fused-ring (bicyclic) bond motifs is 1. The summed E-state index contributed by atoms with van der Waals surface area (Å²) >= 11 is 12.4. The largest absolute Gasteiger partial charge is 0.481 e. The maximum absolute atomic E-state index is 13.5. The van der Waals surface area contributed by atoms with E-state index in [-0.39, 0.29) is 21.5 Å². The SMILES string of the molecule is O=C(O)C1CCN(c2cn(S(=O)(=O)c3c(Cl)cccc3Cl)c3c2CCCC3)CC1O. The number of aliphatic hydroxyl groups excluding tert-OH is 1. The second-order valence-corrected chi connectivity index (χ2v) is 10.3. The molecule has 4 rings (SSSR count). The van der Waals surface area contributed by atoms with E-state index in [1.807, 2.05) is 4.90 Å². The van der Waals surface area contributed by atoms with Crippen LogP contribution in [-0.2, 0) is 27.7 Å². The van der Waals surface area contributed by atoms with E-state index in [0.29, 0.717) is 25.1 Å². The maximum atomic E-state index is 13.5. The van der Waals surface area contributed by atoms with Gasteiger partial charge in [-0.15, -0.1) is 0 Å². The van der Waals surface area contributed by atoms with Crippen LogP contribution in [0.1, 0.15) is 30.5 Å². The molecule has 2 unspecified atom stereocenters. The average molecular weight is 473 g/mol. The van der Waals surface area contributed by atoms with Crippen molar-refractivity contribution in [2.24, 2.45) is 5.92 Å². The number of hydrogen-bond acceptors (Lipinski definition) is 5. The lowest BCUT2D eigenvalue weighted by Gasteiger charge is -2.35. The van der Waals surface area contributed by atoms with Gasteiger partial charge in [0.1, 0.15) is 4.90 Å². The van der Waals surface area contributed by atoms with E-state index in [2.05, 4.69) is 0 Å². The molecule has 0 bridgehead atoms. The molecule has 0 radical (unpaired) electrons. The third-order valence-electron chi connectivity index (χ3n) is 5.93. The standard InChI is InChI=1S/C20H22Cl2N2O5S/c21-14-5-3-6-15(22)19(14)30(28,29)24-10-17(12-4-1-2-7-16(12)24)23-9-8-13(20(26)27)18(25)11-23/h3,5-6,10,13,18,25H,1-2,4,7-9,11H2,(H,26,27). The quantitative estimate of drug-likeness (QED) is 0.708. The molecule has 1 aromatic carbocycles. The number of carboxylic acids is 1. The molecule has 2 aliphatic rings. The van der Waals surface area contributed by atoms with Gasteiger partial charge in [0.15, 0.2) is 0 Å². The van der Waals surface area contributed by atoms with Crippen molar-refractivity contribution in [1.29, 1.82) is 0 Å². The smallest absolute Gasteiger partial charge is 0.309 e. The van der Waals surface area contributed by atoms with Crippen LogP contribution in [0.3, 0.4) is 0 Å². The van der Waals surface area contributed by atoms with E-state index in [9.17, 15) is 23.4 Å². The van der Waals surface area contributed by atoms with E-state index in [1.165, 1.54) is 16.1 Å². The van der Waals surface area contributed by atoms with Gasteiger partial charge in [-0.2, -0.15) is 0 Å². The van der Waals surface area contributed by atoms with Crippen molar-refractivity contribution >= 4 is 44.9 Å². The summed E-state index contributed by atoms with van der Waals surface area (Å²) in [7, 11) is -4.03. The Morgan fingerprint density at radius 1 is 1.13 bits per heavy atom. The number of anilines is 1. The Hall–Kier alpha value is -1.74. The van der Waals surface area contributed by atoms with Gasteiger partial charge in [0.25, 0.3) is 10.0 Å². The minimum Gasteiger partial charge on any atom is -0.481 e. The first-order valence-electron chi connectivity index (χ1n) is 9.80. The zero-order valence-electron chi connectivity index (χ0n) is 16.1. The molecular formula is C20H22Cl2N2O5S. The van der Waals surface area contributed by atoms with Gasteiger partial charge in [-0.05, 0) is 49.8 Å². The highest BCUT2D eigenvalue weighted by molar-refractivity contribution is 7.90. The normalized spacial score (nSPS) is 22.0. The molecule has 1 aliphatic carbocycles. The van der Waals surface area contributed by atoms with E-state index >= 15 is 0 Å². The predicted molar refractivity (Wildman–Crippen MR) is 114 cm³/mol. The van der Waals surface area contributed by atoms with Gasteiger partial charge in [0.05, 0.1) is 27.8 Å². The number of aromatic nitrogens is 1. The van der Waals surface area contributed by atoms with Gasteiger partial charge < -0.3 is 15.1 Å². The number of benzene rings is 1. The molecule has 2 aromatic rings. The van der Waals surface area contributed by atoms with Crippen LogP contribution in [-0.4, -0.2) is 47.8 Å². The minimum absolute atomic E-state index is 0.0556. The Kier molecular flexibility index (Phi) is 5.78. The molecule has 1 aliphatic heterocycles. The Morgan fingerprint density at radius 3 is 2.43 bits per heavy atom. The van der Waals surface area contributed by atoms with Crippen LogP contribution >= 0.6 is 23.2 Å². The van der Waals surface area contributed by atoms with Crippen molar-refractivity contribution in [2.45, 2.75) is 43.1 Å². The van der Waals surface area contributed by atoms with Crippen LogP contribution in [0.2, 0.25) is 10.0 Å². The number of aliphatic carboxylic acids is 1. The minimum atomic E-state index is -4.03. The Bertz CT molecular complexity index is 1080. The fraction of sp³-hybridized carbons (Fsp3) is 0.450. The molecular weight excluding hydrogens is 451 g/mol. The summed E-state index contributed by atoms with van der Waals surface area (Å²) in [4.78, 5) is 13.1. The van der Waals surface area contributed by atoms with Gasteiger partial charge in [0.2, 0.25) is 0 Å². The summed E-state index contributed by atoms with van der Waals surface area (Å²) in [6, 6.07) is 4.57. The molecule has 162 valence electrons. The number of halogens is 2. The van der Waals surface area contributed by atoms with E-state index in [4.69, 9.17) is 23.2 Å². The van der Waals surface area contributed by atoms with Crippen LogP contribution < -0.4 is 4.90 Å². The number of rotatable bonds is 4. The first-order valence-corrected chi connectivity index (χ1v) is 12.0. The molecule has 2 atom stereocenters. The monoisotopic (exact) mass is 472 g/mol. The first-order chi connectivity index (χ1) is 14.2. The number of hydrogen-bond donors (Lipinski definition) is 2. The van der Waals surface area contributed by atoms with Crippen LogP contribution in [0.5, 0.6) is 0 Å². The predicted octanol–water partition coefficient (Wildman–Crippen LogP) is 3.18. The molecule has 1 aromatic heterocycles. The summed E-state index contributed by atoms with van der Waals surface area (Å²) in [5.74, 6) is -1.83. The van der Waals surface area contributed by atoms with Gasteiger partial charge in [-0.25, -0.2) is 12.4 Å². The molecule has 0 amide bonds. The summed E-state index contributed by atoms with van der Waals surface area (Å²) in [6.45, 7) is 0.567. The lowest BCUT2D eigenvalue weighted by Crippen LogP contribution is -2.46. The van der Waals surface area contributed by atoms with Crippen molar-refractivity contribution in [1.82, 2.24) is 3.97 Å². The highest BCUT2D eigenvalue weighted by atomic mass is 35.5. The molecule has 1 fully saturated rings. The molecule has 2 heterocycles. The molecule has 2 N–H and O–H groups in total. The third kappa shape index (κ3) is 3.60. The van der Waals surface area contributed by atoms with Crippen LogP contribution in [0.15, 0.2) is 29.3 Å². The Balaban J connectivity index is 1.79. The maximum Gasteiger partial charge on any atom is 0.309 e. The highest BCUT2D eigenvalue weighted by Crippen LogP contribution is 2.39. The summed E-state index contributed by atoms with van der Waals surface area (Å²) in [5.41, 5.74) is 2.34. The van der Waals surface area contributed by atoms with Crippen LogP contribution in [0.25, 0.3) is 0 Å². The number of β-amino-alcohol motifs (C(OH)–C–C–N with tert-alkyl or cyclic N) is 1. The number of carboxylic acid groups (broad SMARTS) is 1. The number of piperidine rings is 1. The van der Waals surface area contributed by atoms with Gasteiger partial charge in [-0.3, -0.25) is 4.79 Å². The van der Waals surface area contributed by atoms with Crippen LogP contribution in [0, 0.1) is 5.92 Å². The Labute approximate surface area is 184 Å². The third-order valence-corrected chi connectivity index (χ3v) is 8.58. The summed E-state index contributed by atoms with van der Waals surface area (Å²) in [5, 5.41) is 19.7. The molecule has 10 heteroatoms. The van der Waals surface area contributed by atoms with Gasteiger partial charge in [0, 0.05) is 25.0 Å². The number of aliphatic hydroxyl groups is 1. The van der Waals surface area contributed by atoms with Crippen molar-refractivity contribution in [3.63, 3.8) is 0 Å². The second kappa shape index (κ2) is 8.07. The fourth-order valence-electron chi connectivity index (χ4n) is 4.43. The van der Waals surface area contributed by atoms with Crippen molar-refractivity contribution < 1.29 is 23.4 Å². The van der Waals surface area contributed by atoms with Gasteiger partial charge >= 0.3 is 5.97 Å².